The Kier molecular flexibility index (Phi) is 6.05. The molecule has 0 aliphatic heterocycles. The highest BCUT2D eigenvalue weighted by atomic mass is 32.1. The molecule has 0 aliphatic rings. The fourth-order valence-electron chi connectivity index (χ4n) is 7.37. The number of benzene rings is 7. The van der Waals surface area contributed by atoms with Crippen molar-refractivity contribution < 1.29 is 8.83 Å². The van der Waals surface area contributed by atoms with Crippen LogP contribution in [-0.4, -0.2) is 15.0 Å². The van der Waals surface area contributed by atoms with Crippen LogP contribution in [0.3, 0.4) is 0 Å². The molecule has 0 atom stereocenters. The first-order valence-electron chi connectivity index (χ1n) is 16.9. The predicted molar refractivity (Wildman–Crippen MR) is 209 cm³/mol. The zero-order chi connectivity index (χ0) is 33.5. The normalized spacial score (nSPS) is 11.9. The highest BCUT2D eigenvalue weighted by molar-refractivity contribution is 7.26. The second kappa shape index (κ2) is 10.9. The van der Waals surface area contributed by atoms with Gasteiger partial charge in [0.1, 0.15) is 22.3 Å². The van der Waals surface area contributed by atoms with E-state index in [1.165, 1.54) is 15.5 Å². The van der Waals surface area contributed by atoms with Crippen LogP contribution in [0.2, 0.25) is 0 Å². The van der Waals surface area contributed by atoms with Crippen molar-refractivity contribution in [1.82, 2.24) is 15.0 Å². The third-order valence-corrected chi connectivity index (χ3v) is 11.0. The maximum atomic E-state index is 6.64. The third kappa shape index (κ3) is 4.37. The topological polar surface area (TPSA) is 65.0 Å². The molecular formula is C45H25N3O2S. The van der Waals surface area contributed by atoms with Crippen LogP contribution in [0.15, 0.2) is 160 Å². The van der Waals surface area contributed by atoms with Gasteiger partial charge < -0.3 is 8.83 Å². The van der Waals surface area contributed by atoms with Crippen molar-refractivity contribution in [1.29, 1.82) is 0 Å². The van der Waals surface area contributed by atoms with Gasteiger partial charge in [-0.1, -0.05) is 115 Å². The van der Waals surface area contributed by atoms with Gasteiger partial charge in [-0.05, 0) is 42.0 Å². The van der Waals surface area contributed by atoms with Crippen LogP contribution in [0.1, 0.15) is 0 Å². The van der Waals surface area contributed by atoms with Crippen molar-refractivity contribution in [2.75, 3.05) is 0 Å². The maximum absolute atomic E-state index is 6.64. The summed E-state index contributed by atoms with van der Waals surface area (Å²) in [5.74, 6) is 1.81. The number of furan rings is 2. The van der Waals surface area contributed by atoms with Crippen LogP contribution in [0, 0.1) is 0 Å². The fraction of sp³-hybridized carbons (Fsp3) is 0. The van der Waals surface area contributed by atoms with E-state index in [1.807, 2.05) is 60.7 Å². The molecule has 4 aromatic heterocycles. The summed E-state index contributed by atoms with van der Waals surface area (Å²) in [4.78, 5) is 15.3. The first kappa shape index (κ1) is 28.2. The molecule has 6 heteroatoms. The van der Waals surface area contributed by atoms with Gasteiger partial charge in [0, 0.05) is 58.4 Å². The monoisotopic (exact) mass is 671 g/mol. The van der Waals surface area contributed by atoms with Gasteiger partial charge in [0.05, 0.1) is 5.56 Å². The molecule has 51 heavy (non-hydrogen) atoms. The number of hydrogen-bond donors (Lipinski definition) is 0. The van der Waals surface area contributed by atoms with Gasteiger partial charge in [-0.3, -0.25) is 0 Å². The standard InChI is InChI=1S/C45H25N3O2S/c1-2-11-26(12-3-1)43-46-44(48-45(47-43)35-20-10-18-33-30-14-5-7-22-39(30)51-42(33)35)34-19-9-17-32-36-25-27(23-24-38(36)50-41(32)34)28-15-8-16-31-29-13-4-6-21-37(29)49-40(28)31/h1-25H. The van der Waals surface area contributed by atoms with E-state index in [0.29, 0.717) is 17.5 Å². The van der Waals surface area contributed by atoms with Crippen molar-refractivity contribution in [2.45, 2.75) is 0 Å². The Hall–Kier alpha value is -6.63. The predicted octanol–water partition coefficient (Wildman–Crippen LogP) is 12.7. The molecule has 7 aromatic carbocycles. The number of para-hydroxylation sites is 3. The SMILES string of the molecule is c1ccc(-c2nc(-c3cccc4c3oc3ccc(-c5cccc6c5oc5ccccc56)cc34)nc(-c3cccc4c3sc3ccccc34)n2)cc1. The van der Waals surface area contributed by atoms with Crippen molar-refractivity contribution in [3.8, 4) is 45.3 Å². The van der Waals surface area contributed by atoms with Gasteiger partial charge in [0.2, 0.25) is 0 Å². The lowest BCUT2D eigenvalue weighted by molar-refractivity contribution is 0.668. The molecule has 5 nitrogen and oxygen atoms in total. The van der Waals surface area contributed by atoms with Gasteiger partial charge in [0.25, 0.3) is 0 Å². The number of aromatic nitrogens is 3. The van der Waals surface area contributed by atoms with E-state index in [0.717, 1.165) is 76.4 Å². The smallest absolute Gasteiger partial charge is 0.167 e. The Morgan fingerprint density at radius 2 is 0.961 bits per heavy atom. The summed E-state index contributed by atoms with van der Waals surface area (Å²) in [6.45, 7) is 0. The number of fused-ring (bicyclic) bond motifs is 9. The molecule has 11 aromatic rings. The highest BCUT2D eigenvalue weighted by Gasteiger charge is 2.20. The average molecular weight is 672 g/mol. The van der Waals surface area contributed by atoms with Crippen molar-refractivity contribution in [3.05, 3.63) is 152 Å². The molecule has 0 saturated heterocycles. The van der Waals surface area contributed by atoms with Gasteiger partial charge >= 0.3 is 0 Å². The largest absolute Gasteiger partial charge is 0.455 e. The number of nitrogens with zero attached hydrogens (tertiary/aromatic N) is 3. The second-order valence-electron chi connectivity index (χ2n) is 12.7. The number of hydrogen-bond acceptors (Lipinski definition) is 6. The van der Waals surface area contributed by atoms with E-state index in [2.05, 4.69) is 91.0 Å². The maximum Gasteiger partial charge on any atom is 0.167 e. The van der Waals surface area contributed by atoms with Crippen molar-refractivity contribution >= 4 is 75.4 Å². The van der Waals surface area contributed by atoms with Gasteiger partial charge in [-0.2, -0.15) is 0 Å². The van der Waals surface area contributed by atoms with Crippen LogP contribution in [0.5, 0.6) is 0 Å². The van der Waals surface area contributed by atoms with E-state index in [9.17, 15) is 0 Å². The molecule has 11 rings (SSSR count). The summed E-state index contributed by atoms with van der Waals surface area (Å²) in [5, 5.41) is 6.67. The van der Waals surface area contributed by atoms with E-state index in [-0.39, 0.29) is 0 Å². The first-order valence-corrected chi connectivity index (χ1v) is 17.7. The average Bonchev–Trinajstić information content (AvgIpc) is 3.89. The van der Waals surface area contributed by atoms with E-state index < -0.39 is 0 Å². The van der Waals surface area contributed by atoms with Crippen LogP contribution < -0.4 is 0 Å². The highest BCUT2D eigenvalue weighted by Crippen LogP contribution is 2.42. The second-order valence-corrected chi connectivity index (χ2v) is 13.8. The molecule has 0 unspecified atom stereocenters. The number of thiophene rings is 1. The van der Waals surface area contributed by atoms with Crippen molar-refractivity contribution in [2.24, 2.45) is 0 Å². The summed E-state index contributed by atoms with van der Waals surface area (Å²) in [6.07, 6.45) is 0. The van der Waals surface area contributed by atoms with E-state index >= 15 is 0 Å². The molecule has 0 N–H and O–H groups in total. The van der Waals surface area contributed by atoms with Crippen molar-refractivity contribution in [3.63, 3.8) is 0 Å². The van der Waals surface area contributed by atoms with Gasteiger partial charge in [0.15, 0.2) is 17.5 Å². The summed E-state index contributed by atoms with van der Waals surface area (Å²) < 4.78 is 15.4. The zero-order valence-corrected chi connectivity index (χ0v) is 27.8. The summed E-state index contributed by atoms with van der Waals surface area (Å²) in [6, 6.07) is 52.1. The van der Waals surface area contributed by atoms with Crippen LogP contribution in [-0.2, 0) is 0 Å². The number of rotatable bonds is 4. The lowest BCUT2D eigenvalue weighted by atomic mass is 10.00. The molecule has 0 aliphatic carbocycles. The Labute approximate surface area is 295 Å². The lowest BCUT2D eigenvalue weighted by Gasteiger charge is -2.09. The molecule has 0 saturated carbocycles. The Balaban J connectivity index is 1.11. The quantitative estimate of drug-likeness (QED) is 0.186. The Morgan fingerprint density at radius 3 is 1.80 bits per heavy atom. The van der Waals surface area contributed by atoms with Crippen LogP contribution in [0.25, 0.3) is 109 Å². The van der Waals surface area contributed by atoms with Crippen LogP contribution in [0.4, 0.5) is 0 Å². The van der Waals surface area contributed by atoms with E-state index in [1.54, 1.807) is 11.3 Å². The molecule has 0 bridgehead atoms. The minimum Gasteiger partial charge on any atom is -0.455 e. The Bertz CT molecular complexity index is 3160. The molecular weight excluding hydrogens is 647 g/mol. The summed E-state index contributed by atoms with van der Waals surface area (Å²) >= 11 is 1.77. The molecule has 238 valence electrons. The molecule has 4 heterocycles. The summed E-state index contributed by atoms with van der Waals surface area (Å²) in [5.41, 5.74) is 8.12. The fourth-order valence-corrected chi connectivity index (χ4v) is 8.58. The molecule has 0 amide bonds. The van der Waals surface area contributed by atoms with E-state index in [4.69, 9.17) is 23.8 Å². The van der Waals surface area contributed by atoms with Gasteiger partial charge in [-0.25, -0.2) is 15.0 Å². The third-order valence-electron chi connectivity index (χ3n) is 9.77. The minimum atomic E-state index is 0.564. The summed E-state index contributed by atoms with van der Waals surface area (Å²) in [7, 11) is 0. The first-order chi connectivity index (χ1) is 25.3. The van der Waals surface area contributed by atoms with Gasteiger partial charge in [-0.15, -0.1) is 11.3 Å². The Morgan fingerprint density at radius 1 is 0.373 bits per heavy atom. The molecule has 0 fully saturated rings. The zero-order valence-electron chi connectivity index (χ0n) is 27.0. The molecule has 0 radical (unpaired) electrons. The molecule has 0 spiro atoms. The minimum absolute atomic E-state index is 0.564. The lowest BCUT2D eigenvalue weighted by Crippen LogP contribution is -2.00. The van der Waals surface area contributed by atoms with Crippen LogP contribution >= 0.6 is 11.3 Å².